The van der Waals surface area contributed by atoms with Crippen LogP contribution in [0.3, 0.4) is 0 Å². The third-order valence-corrected chi connectivity index (χ3v) is 3.45. The zero-order chi connectivity index (χ0) is 11.4. The Bertz CT molecular complexity index is 180. The molecule has 0 aromatic carbocycles. The van der Waals surface area contributed by atoms with Crippen LogP contribution in [0.2, 0.25) is 0 Å². The van der Waals surface area contributed by atoms with Crippen molar-refractivity contribution in [1.29, 1.82) is 0 Å². The monoisotopic (exact) mass is 213 g/mol. The van der Waals surface area contributed by atoms with Crippen molar-refractivity contribution in [2.75, 3.05) is 33.7 Å². The first kappa shape index (κ1) is 12.9. The van der Waals surface area contributed by atoms with E-state index in [9.17, 15) is 0 Å². The number of nitrogens with zero attached hydrogens (tertiary/aromatic N) is 2. The van der Waals surface area contributed by atoms with Crippen LogP contribution < -0.4 is 5.73 Å². The Kier molecular flexibility index (Phi) is 5.03. The van der Waals surface area contributed by atoms with Crippen LogP contribution in [-0.2, 0) is 0 Å². The zero-order valence-corrected chi connectivity index (χ0v) is 10.7. The van der Waals surface area contributed by atoms with Crippen molar-refractivity contribution in [1.82, 2.24) is 9.80 Å². The van der Waals surface area contributed by atoms with Gasteiger partial charge in [0.25, 0.3) is 0 Å². The van der Waals surface area contributed by atoms with Crippen LogP contribution in [0.15, 0.2) is 0 Å². The highest BCUT2D eigenvalue weighted by Gasteiger charge is 2.30. The minimum atomic E-state index is 0.356. The van der Waals surface area contributed by atoms with Crippen molar-refractivity contribution in [3.8, 4) is 0 Å². The highest BCUT2D eigenvalue weighted by molar-refractivity contribution is 4.86. The largest absolute Gasteiger partial charge is 0.328 e. The smallest absolute Gasteiger partial charge is 0.0254 e. The van der Waals surface area contributed by atoms with Crippen molar-refractivity contribution in [2.24, 2.45) is 11.7 Å². The lowest BCUT2D eigenvalue weighted by molar-refractivity contribution is 0.250. The van der Waals surface area contributed by atoms with Crippen molar-refractivity contribution in [3.63, 3.8) is 0 Å². The average Bonchev–Trinajstić information content (AvgIpc) is 2.46. The molecule has 2 N–H and O–H groups in total. The topological polar surface area (TPSA) is 32.5 Å². The van der Waals surface area contributed by atoms with Crippen LogP contribution in [0, 0.1) is 5.92 Å². The van der Waals surface area contributed by atoms with Crippen molar-refractivity contribution >= 4 is 0 Å². The second kappa shape index (κ2) is 5.83. The van der Waals surface area contributed by atoms with E-state index >= 15 is 0 Å². The molecule has 0 aliphatic carbocycles. The molecule has 0 spiro atoms. The predicted molar refractivity (Wildman–Crippen MR) is 66.0 cm³/mol. The lowest BCUT2D eigenvalue weighted by Gasteiger charge is -2.22. The molecule has 1 rings (SSSR count). The summed E-state index contributed by atoms with van der Waals surface area (Å²) in [6, 6.07) is 1.09. The second-order valence-electron chi connectivity index (χ2n) is 5.39. The molecule has 0 bridgehead atoms. The Morgan fingerprint density at radius 2 is 2.07 bits per heavy atom. The van der Waals surface area contributed by atoms with Gasteiger partial charge in [0, 0.05) is 25.2 Å². The third kappa shape index (κ3) is 4.09. The fourth-order valence-corrected chi connectivity index (χ4v) is 2.54. The van der Waals surface area contributed by atoms with E-state index in [-0.39, 0.29) is 0 Å². The van der Waals surface area contributed by atoms with Gasteiger partial charge in [0.1, 0.15) is 0 Å². The Hall–Kier alpha value is -0.120. The molecule has 0 amide bonds. The summed E-state index contributed by atoms with van der Waals surface area (Å²) in [5.74, 6) is 0.801. The first-order chi connectivity index (χ1) is 7.00. The average molecular weight is 213 g/mol. The van der Waals surface area contributed by atoms with E-state index in [2.05, 4.69) is 37.7 Å². The molecule has 3 atom stereocenters. The number of rotatable bonds is 5. The van der Waals surface area contributed by atoms with Crippen LogP contribution in [0.1, 0.15) is 26.7 Å². The molecule has 1 aliphatic heterocycles. The molecule has 0 radical (unpaired) electrons. The molecule has 0 aromatic heterocycles. The van der Waals surface area contributed by atoms with Gasteiger partial charge < -0.3 is 15.5 Å². The first-order valence-corrected chi connectivity index (χ1v) is 6.15. The number of likely N-dealkylation sites (N-methyl/N-ethyl adjacent to an activating group) is 1. The van der Waals surface area contributed by atoms with Gasteiger partial charge in [-0.25, -0.2) is 0 Å². The van der Waals surface area contributed by atoms with Gasteiger partial charge >= 0.3 is 0 Å². The molecule has 15 heavy (non-hydrogen) atoms. The van der Waals surface area contributed by atoms with Crippen molar-refractivity contribution in [3.05, 3.63) is 0 Å². The molecule has 3 heteroatoms. The molecule has 3 nitrogen and oxygen atoms in total. The maximum Gasteiger partial charge on any atom is 0.0254 e. The van der Waals surface area contributed by atoms with E-state index in [0.717, 1.165) is 18.4 Å². The SMILES string of the molecule is CC(N)CCCN1CC(C)C(N(C)C)C1. The molecular formula is C12H27N3. The third-order valence-electron chi connectivity index (χ3n) is 3.45. The standard InChI is InChI=1S/C12H27N3/c1-10-8-15(7-5-6-11(2)13)9-12(10)14(3)4/h10-12H,5-9,13H2,1-4H3. The van der Waals surface area contributed by atoms with Crippen LogP contribution in [-0.4, -0.2) is 55.6 Å². The lowest BCUT2D eigenvalue weighted by atomic mass is 10.1. The molecule has 1 saturated heterocycles. The van der Waals surface area contributed by atoms with E-state index < -0.39 is 0 Å². The molecule has 1 aliphatic rings. The maximum atomic E-state index is 5.75. The second-order valence-corrected chi connectivity index (χ2v) is 5.39. The normalized spacial score (nSPS) is 30.0. The quantitative estimate of drug-likeness (QED) is 0.739. The number of nitrogens with two attached hydrogens (primary N) is 1. The van der Waals surface area contributed by atoms with Crippen LogP contribution in [0.4, 0.5) is 0 Å². The van der Waals surface area contributed by atoms with Gasteiger partial charge in [0.2, 0.25) is 0 Å². The summed E-state index contributed by atoms with van der Waals surface area (Å²) in [5, 5.41) is 0. The molecule has 0 aromatic rings. The van der Waals surface area contributed by atoms with Gasteiger partial charge in [0.15, 0.2) is 0 Å². The summed E-state index contributed by atoms with van der Waals surface area (Å²) in [6.07, 6.45) is 2.39. The first-order valence-electron chi connectivity index (χ1n) is 6.15. The summed E-state index contributed by atoms with van der Waals surface area (Å²) in [6.45, 7) is 8.15. The van der Waals surface area contributed by atoms with Gasteiger partial charge in [-0.05, 0) is 46.3 Å². The highest BCUT2D eigenvalue weighted by atomic mass is 15.2. The minimum Gasteiger partial charge on any atom is -0.328 e. The minimum absolute atomic E-state index is 0.356. The fraction of sp³-hybridized carbons (Fsp3) is 1.00. The number of hydrogen-bond donors (Lipinski definition) is 1. The summed E-state index contributed by atoms with van der Waals surface area (Å²) in [7, 11) is 4.37. The van der Waals surface area contributed by atoms with Gasteiger partial charge in [-0.3, -0.25) is 0 Å². The summed E-state index contributed by atoms with van der Waals surface area (Å²) in [5.41, 5.74) is 5.75. The van der Waals surface area contributed by atoms with E-state index in [1.807, 2.05) is 0 Å². The molecule has 1 heterocycles. The van der Waals surface area contributed by atoms with E-state index in [1.165, 1.54) is 26.1 Å². The molecule has 1 fully saturated rings. The fourth-order valence-electron chi connectivity index (χ4n) is 2.54. The van der Waals surface area contributed by atoms with Crippen LogP contribution >= 0.6 is 0 Å². The summed E-state index contributed by atoms with van der Waals surface area (Å²) in [4.78, 5) is 4.94. The van der Waals surface area contributed by atoms with Gasteiger partial charge in [0.05, 0.1) is 0 Å². The van der Waals surface area contributed by atoms with Gasteiger partial charge in [-0.2, -0.15) is 0 Å². The van der Waals surface area contributed by atoms with Gasteiger partial charge in [-0.15, -0.1) is 0 Å². The summed E-state index contributed by atoms with van der Waals surface area (Å²) >= 11 is 0. The van der Waals surface area contributed by atoms with E-state index in [0.29, 0.717) is 6.04 Å². The Labute approximate surface area is 94.6 Å². The lowest BCUT2D eigenvalue weighted by Crippen LogP contribution is -2.34. The van der Waals surface area contributed by atoms with Gasteiger partial charge in [-0.1, -0.05) is 6.92 Å². The molecular weight excluding hydrogens is 186 g/mol. The van der Waals surface area contributed by atoms with E-state index in [1.54, 1.807) is 0 Å². The van der Waals surface area contributed by atoms with Crippen molar-refractivity contribution < 1.29 is 0 Å². The van der Waals surface area contributed by atoms with Crippen LogP contribution in [0.5, 0.6) is 0 Å². The summed E-state index contributed by atoms with van der Waals surface area (Å²) < 4.78 is 0. The van der Waals surface area contributed by atoms with Crippen LogP contribution in [0.25, 0.3) is 0 Å². The molecule has 3 unspecified atom stereocenters. The number of likely N-dealkylation sites (tertiary alicyclic amines) is 1. The van der Waals surface area contributed by atoms with E-state index in [4.69, 9.17) is 5.73 Å². The highest BCUT2D eigenvalue weighted by Crippen LogP contribution is 2.20. The molecule has 90 valence electrons. The zero-order valence-electron chi connectivity index (χ0n) is 10.7. The van der Waals surface area contributed by atoms with Crippen molar-refractivity contribution in [2.45, 2.75) is 38.8 Å². The Morgan fingerprint density at radius 3 is 2.53 bits per heavy atom. The Balaban J connectivity index is 2.23. The predicted octanol–water partition coefficient (Wildman–Crippen LogP) is 0.996. The maximum absolute atomic E-state index is 5.75. The molecule has 0 saturated carbocycles. The Morgan fingerprint density at radius 1 is 1.40 bits per heavy atom. The number of hydrogen-bond acceptors (Lipinski definition) is 3.